The van der Waals surface area contributed by atoms with Crippen molar-refractivity contribution in [1.82, 2.24) is 20.3 Å². The van der Waals surface area contributed by atoms with Gasteiger partial charge < -0.3 is 15.0 Å². The van der Waals surface area contributed by atoms with E-state index in [1.807, 2.05) is 12.1 Å². The summed E-state index contributed by atoms with van der Waals surface area (Å²) in [6.45, 7) is 2.60. The summed E-state index contributed by atoms with van der Waals surface area (Å²) in [7, 11) is -1.40. The summed E-state index contributed by atoms with van der Waals surface area (Å²) in [5.74, 6) is 1.29. The Morgan fingerprint density at radius 3 is 2.49 bits per heavy atom. The fourth-order valence-electron chi connectivity index (χ4n) is 4.35. The topological polar surface area (TPSA) is 109 Å². The number of hydrogen-bond acceptors (Lipinski definition) is 7. The summed E-state index contributed by atoms with van der Waals surface area (Å²) in [6.07, 6.45) is 5.07. The monoisotopic (exact) mass is 522 g/mol. The summed E-state index contributed by atoms with van der Waals surface area (Å²) < 4.78 is 32.0. The molecule has 37 heavy (non-hydrogen) atoms. The summed E-state index contributed by atoms with van der Waals surface area (Å²) in [5, 5.41) is 5.62. The van der Waals surface area contributed by atoms with Crippen molar-refractivity contribution in [3.05, 3.63) is 60.2 Å². The van der Waals surface area contributed by atoms with Gasteiger partial charge in [-0.25, -0.2) is 24.1 Å². The maximum atomic E-state index is 13.6. The van der Waals surface area contributed by atoms with Crippen molar-refractivity contribution in [2.24, 2.45) is 0 Å². The van der Waals surface area contributed by atoms with Gasteiger partial charge in [0, 0.05) is 41.9 Å². The van der Waals surface area contributed by atoms with Gasteiger partial charge in [-0.3, -0.25) is 9.53 Å². The first kappa shape index (κ1) is 23.9. The number of halogens is 1. The van der Waals surface area contributed by atoms with Gasteiger partial charge in [0.15, 0.2) is 5.82 Å². The van der Waals surface area contributed by atoms with Crippen LogP contribution in [0.3, 0.4) is 0 Å². The van der Waals surface area contributed by atoms with Crippen LogP contribution in [0.1, 0.15) is 31.4 Å². The number of amides is 2. The molecule has 11 heteroatoms. The molecule has 1 unspecified atom stereocenters. The van der Waals surface area contributed by atoms with Gasteiger partial charge in [-0.05, 0) is 62.1 Å². The Morgan fingerprint density at radius 2 is 1.84 bits per heavy atom. The molecule has 0 radical (unpaired) electrons. The van der Waals surface area contributed by atoms with Gasteiger partial charge in [0.05, 0.1) is 34.5 Å². The van der Waals surface area contributed by atoms with Crippen molar-refractivity contribution < 1.29 is 18.1 Å². The number of urea groups is 1. The molecule has 1 atom stereocenters. The molecule has 2 aromatic heterocycles. The third-order valence-electron chi connectivity index (χ3n) is 6.78. The number of rotatable bonds is 7. The summed E-state index contributed by atoms with van der Waals surface area (Å²) in [4.78, 5) is 28.8. The first-order chi connectivity index (χ1) is 18.0. The minimum Gasteiger partial charge on any atom is -0.378 e. The number of aromatic nitrogens is 3. The highest BCUT2D eigenvalue weighted by molar-refractivity contribution is 7.86. The zero-order valence-electron chi connectivity index (χ0n) is 20.2. The highest BCUT2D eigenvalue weighted by Crippen LogP contribution is 2.53. The van der Waals surface area contributed by atoms with Gasteiger partial charge in [-0.2, -0.15) is 0 Å². The third-order valence-corrected chi connectivity index (χ3v) is 8.80. The SMILES string of the molecule is O=C(Nc1ccc(-c2nc(N3CCOCC3)cc(C3(S(=O)c4ccc(F)cc4)CC3)n2)cn1)NC1CC1. The van der Waals surface area contributed by atoms with Crippen LogP contribution < -0.4 is 15.5 Å². The Balaban J connectivity index is 1.32. The number of nitrogens with zero attached hydrogens (tertiary/aromatic N) is 4. The molecule has 6 rings (SSSR count). The number of carbonyl (C=O) groups excluding carboxylic acids is 1. The minimum absolute atomic E-state index is 0.254. The molecule has 192 valence electrons. The fourth-order valence-corrected chi connectivity index (χ4v) is 5.95. The second-order valence-corrected chi connectivity index (χ2v) is 11.3. The number of hydrogen-bond donors (Lipinski definition) is 2. The Morgan fingerprint density at radius 1 is 1.08 bits per heavy atom. The quantitative estimate of drug-likeness (QED) is 0.488. The smallest absolute Gasteiger partial charge is 0.320 e. The lowest BCUT2D eigenvalue weighted by Gasteiger charge is -2.29. The van der Waals surface area contributed by atoms with E-state index in [0.717, 1.165) is 18.7 Å². The number of ether oxygens (including phenoxy) is 1. The van der Waals surface area contributed by atoms with Crippen molar-refractivity contribution in [1.29, 1.82) is 0 Å². The predicted molar refractivity (Wildman–Crippen MR) is 137 cm³/mol. The van der Waals surface area contributed by atoms with Crippen LogP contribution in [0, 0.1) is 5.82 Å². The third kappa shape index (κ3) is 5.19. The Labute approximate surface area is 216 Å². The molecule has 1 aliphatic heterocycles. The summed E-state index contributed by atoms with van der Waals surface area (Å²) >= 11 is 0. The Kier molecular flexibility index (Phi) is 6.33. The summed E-state index contributed by atoms with van der Waals surface area (Å²) in [6, 6.07) is 11.3. The molecule has 2 N–H and O–H groups in total. The molecule has 0 spiro atoms. The van der Waals surface area contributed by atoms with E-state index in [-0.39, 0.29) is 17.9 Å². The number of morpholine rings is 1. The van der Waals surface area contributed by atoms with Crippen molar-refractivity contribution in [2.75, 3.05) is 36.5 Å². The molecule has 3 aromatic rings. The summed E-state index contributed by atoms with van der Waals surface area (Å²) in [5.41, 5.74) is 1.39. The highest BCUT2D eigenvalue weighted by Gasteiger charge is 2.52. The normalized spacial score (nSPS) is 19.2. The second kappa shape index (κ2) is 9.79. The lowest BCUT2D eigenvalue weighted by Crippen LogP contribution is -2.37. The Bertz CT molecular complexity index is 1320. The Hall–Kier alpha value is -3.44. The number of nitrogens with one attached hydrogen (secondary N) is 2. The van der Waals surface area contributed by atoms with E-state index in [1.165, 1.54) is 12.1 Å². The van der Waals surface area contributed by atoms with E-state index in [9.17, 15) is 13.4 Å². The molecule has 2 aliphatic carbocycles. The maximum absolute atomic E-state index is 13.6. The number of carbonyl (C=O) groups is 1. The lowest BCUT2D eigenvalue weighted by molar-refractivity contribution is 0.122. The number of pyridine rings is 1. The van der Waals surface area contributed by atoms with Crippen molar-refractivity contribution >= 4 is 28.5 Å². The van der Waals surface area contributed by atoms with Crippen molar-refractivity contribution in [3.8, 4) is 11.4 Å². The first-order valence-electron chi connectivity index (χ1n) is 12.4. The maximum Gasteiger partial charge on any atom is 0.320 e. The minimum atomic E-state index is -1.40. The molecule has 3 fully saturated rings. The van der Waals surface area contributed by atoms with Gasteiger partial charge in [0.25, 0.3) is 0 Å². The molecule has 2 saturated carbocycles. The van der Waals surface area contributed by atoms with Gasteiger partial charge in [0.1, 0.15) is 17.5 Å². The van der Waals surface area contributed by atoms with Crippen LogP contribution in [0.5, 0.6) is 0 Å². The van der Waals surface area contributed by atoms with Crippen LogP contribution in [0.4, 0.5) is 20.8 Å². The van der Waals surface area contributed by atoms with E-state index >= 15 is 0 Å². The molecule has 3 aliphatic rings. The predicted octanol–water partition coefficient (Wildman–Crippen LogP) is 3.60. The van der Waals surface area contributed by atoms with E-state index in [0.29, 0.717) is 66.9 Å². The van der Waals surface area contributed by atoms with Crippen LogP contribution in [0.25, 0.3) is 11.4 Å². The molecular weight excluding hydrogens is 495 g/mol. The van der Waals surface area contributed by atoms with Gasteiger partial charge in [-0.1, -0.05) is 0 Å². The van der Waals surface area contributed by atoms with Crippen LogP contribution in [0.15, 0.2) is 53.6 Å². The zero-order chi connectivity index (χ0) is 25.4. The van der Waals surface area contributed by atoms with Gasteiger partial charge in [-0.15, -0.1) is 0 Å². The van der Waals surface area contributed by atoms with Crippen molar-refractivity contribution in [2.45, 2.75) is 41.4 Å². The van der Waals surface area contributed by atoms with E-state index in [2.05, 4.69) is 20.5 Å². The standard InChI is InChI=1S/C26H27FN6O3S/c27-18-2-6-20(7-3-18)37(35)26(9-10-26)21-15-23(33-11-13-36-14-12-33)32-24(30-21)17-1-8-22(28-16-17)31-25(34)29-19-4-5-19/h1-3,6-8,15-16,19H,4-5,9-14H2,(H2,28,29,31,34). The van der Waals surface area contributed by atoms with Gasteiger partial charge >= 0.3 is 6.03 Å². The molecular formula is C26H27FN6O3S. The molecule has 1 saturated heterocycles. The molecule has 0 bridgehead atoms. The van der Waals surface area contributed by atoms with E-state index in [1.54, 1.807) is 24.4 Å². The average molecular weight is 523 g/mol. The molecule has 1 aromatic carbocycles. The largest absolute Gasteiger partial charge is 0.378 e. The van der Waals surface area contributed by atoms with E-state index < -0.39 is 15.5 Å². The molecule has 9 nitrogen and oxygen atoms in total. The number of anilines is 2. The van der Waals surface area contributed by atoms with Crippen LogP contribution in [-0.4, -0.2) is 57.5 Å². The lowest BCUT2D eigenvalue weighted by atomic mass is 10.2. The van der Waals surface area contributed by atoms with Crippen LogP contribution in [0.2, 0.25) is 0 Å². The van der Waals surface area contributed by atoms with Crippen molar-refractivity contribution in [3.63, 3.8) is 0 Å². The molecule has 2 amide bonds. The van der Waals surface area contributed by atoms with E-state index in [4.69, 9.17) is 14.7 Å². The van der Waals surface area contributed by atoms with Gasteiger partial charge in [0.2, 0.25) is 0 Å². The average Bonchev–Trinajstić information content (AvgIpc) is 3.86. The van der Waals surface area contributed by atoms with Crippen LogP contribution >= 0.6 is 0 Å². The fraction of sp³-hybridized carbons (Fsp3) is 0.385. The number of benzene rings is 1. The highest BCUT2D eigenvalue weighted by atomic mass is 32.2. The first-order valence-corrected chi connectivity index (χ1v) is 13.6. The second-order valence-electron chi connectivity index (χ2n) is 9.56. The molecule has 3 heterocycles. The van der Waals surface area contributed by atoms with Crippen LogP contribution in [-0.2, 0) is 20.3 Å². The zero-order valence-corrected chi connectivity index (χ0v) is 21.0.